The lowest BCUT2D eigenvalue weighted by molar-refractivity contribution is -0.132. The molecule has 5 atom stereocenters. The lowest BCUT2D eigenvalue weighted by Gasteiger charge is -2.29. The van der Waals surface area contributed by atoms with Crippen molar-refractivity contribution in [1.82, 2.24) is 20.9 Å². The number of fused-ring (bicyclic) bond motifs is 2. The van der Waals surface area contributed by atoms with Gasteiger partial charge in [0.1, 0.15) is 6.04 Å². The molecule has 286 valence electrons. The lowest BCUT2D eigenvalue weighted by Crippen LogP contribution is -2.55. The molecule has 0 spiro atoms. The Hall–Kier alpha value is -4.64. The highest BCUT2D eigenvalue weighted by atomic mass is 32.1. The Morgan fingerprint density at radius 3 is 1.87 bits per heavy atom. The molecule has 5 rings (SSSR count). The molecular weight excluding hydrogens is 697 g/mol. The Balaban J connectivity index is 1.41. The number of hydrogen-bond donors (Lipinski definition) is 5. The molecule has 1 heterocycles. The van der Waals surface area contributed by atoms with Crippen LogP contribution >= 0.6 is 11.3 Å². The maximum absolute atomic E-state index is 14.6. The molecule has 4 aromatic carbocycles. The fourth-order valence-corrected chi connectivity index (χ4v) is 7.70. The zero-order chi connectivity index (χ0) is 38.6. The highest BCUT2D eigenvalue weighted by Crippen LogP contribution is 2.27. The number of aliphatic hydroxyl groups is 2. The maximum atomic E-state index is 14.6. The number of hydrogen-bond acceptors (Lipinski definition) is 7. The smallest absolute Gasteiger partial charge is 0.243 e. The van der Waals surface area contributed by atoms with Crippen molar-refractivity contribution < 1.29 is 24.6 Å². The van der Waals surface area contributed by atoms with Crippen molar-refractivity contribution in [2.24, 2.45) is 17.8 Å². The van der Waals surface area contributed by atoms with E-state index >= 15 is 0 Å². The largest absolute Gasteiger partial charge is 0.394 e. The molecule has 3 amide bonds. The Bertz CT molecular complexity index is 1890. The summed E-state index contributed by atoms with van der Waals surface area (Å²) in [6.45, 7) is 7.69. The third-order valence-corrected chi connectivity index (χ3v) is 11.0. The molecule has 10 heteroatoms. The number of aromatic nitrogens is 1. The molecule has 0 aliphatic carbocycles. The SMILES string of the molecule is CCC(C)[C@@H](CO)NC(=O)CC(O)C(CC(C)C)NC(=O)[C@H](Cc1cscn1)NC(=O)C(Cc1cccc2ccccc12)Cc1cccc2ccccc12. The van der Waals surface area contributed by atoms with Gasteiger partial charge < -0.3 is 26.2 Å². The molecule has 0 saturated heterocycles. The van der Waals surface area contributed by atoms with Crippen molar-refractivity contribution >= 4 is 50.6 Å². The summed E-state index contributed by atoms with van der Waals surface area (Å²) in [5.74, 6) is -1.48. The molecule has 0 bridgehead atoms. The van der Waals surface area contributed by atoms with E-state index in [9.17, 15) is 24.6 Å². The first-order valence-electron chi connectivity index (χ1n) is 19.1. The van der Waals surface area contributed by atoms with Crippen molar-refractivity contribution in [3.05, 3.63) is 113 Å². The molecule has 54 heavy (non-hydrogen) atoms. The van der Waals surface area contributed by atoms with Gasteiger partial charge in [-0.15, -0.1) is 11.3 Å². The number of nitrogens with zero attached hydrogens (tertiary/aromatic N) is 1. The summed E-state index contributed by atoms with van der Waals surface area (Å²) < 4.78 is 0. The molecule has 9 nitrogen and oxygen atoms in total. The number of carbonyl (C=O) groups is 3. The number of aliphatic hydroxyl groups excluding tert-OH is 2. The first-order chi connectivity index (χ1) is 26.1. The minimum Gasteiger partial charge on any atom is -0.394 e. The van der Waals surface area contributed by atoms with E-state index < -0.39 is 42.0 Å². The predicted octanol–water partition coefficient (Wildman–Crippen LogP) is 6.38. The second kappa shape index (κ2) is 19.6. The molecule has 0 aliphatic heterocycles. The predicted molar refractivity (Wildman–Crippen MR) is 217 cm³/mol. The fraction of sp³-hybridized carbons (Fsp3) is 0.409. The van der Waals surface area contributed by atoms with Crippen LogP contribution in [0.5, 0.6) is 0 Å². The summed E-state index contributed by atoms with van der Waals surface area (Å²) >= 11 is 1.41. The van der Waals surface area contributed by atoms with Crippen molar-refractivity contribution in [1.29, 1.82) is 0 Å². The second-order valence-corrected chi connectivity index (χ2v) is 15.6. The fourth-order valence-electron chi connectivity index (χ4n) is 7.13. The van der Waals surface area contributed by atoms with Crippen molar-refractivity contribution in [2.75, 3.05) is 6.61 Å². The summed E-state index contributed by atoms with van der Waals surface area (Å²) in [7, 11) is 0. The normalized spacial score (nSPS) is 14.4. The first kappa shape index (κ1) is 40.5. The van der Waals surface area contributed by atoms with Crippen LogP contribution in [0.3, 0.4) is 0 Å². The zero-order valence-electron chi connectivity index (χ0n) is 31.7. The van der Waals surface area contributed by atoms with Gasteiger partial charge in [-0.05, 0) is 63.8 Å². The summed E-state index contributed by atoms with van der Waals surface area (Å²) in [5, 5.41) is 36.3. The van der Waals surface area contributed by atoms with Crippen LogP contribution in [0.1, 0.15) is 63.8 Å². The highest BCUT2D eigenvalue weighted by molar-refractivity contribution is 7.07. The number of benzene rings is 4. The number of rotatable bonds is 19. The van der Waals surface area contributed by atoms with Gasteiger partial charge in [0, 0.05) is 17.7 Å². The van der Waals surface area contributed by atoms with Gasteiger partial charge in [0.25, 0.3) is 0 Å². The second-order valence-electron chi connectivity index (χ2n) is 14.9. The molecule has 0 fully saturated rings. The van der Waals surface area contributed by atoms with Gasteiger partial charge in [0.15, 0.2) is 0 Å². The van der Waals surface area contributed by atoms with Crippen LogP contribution in [0.4, 0.5) is 0 Å². The van der Waals surface area contributed by atoms with Gasteiger partial charge in [-0.2, -0.15) is 0 Å². The third kappa shape index (κ3) is 11.0. The molecular formula is C44H54N4O5S. The van der Waals surface area contributed by atoms with Crippen LogP contribution in [-0.2, 0) is 33.6 Å². The number of thiazole rings is 1. The molecule has 0 radical (unpaired) electrons. The minimum absolute atomic E-state index is 0.0578. The quantitative estimate of drug-likeness (QED) is 0.0664. The van der Waals surface area contributed by atoms with Crippen LogP contribution in [0.25, 0.3) is 21.5 Å². The molecule has 0 saturated carbocycles. The van der Waals surface area contributed by atoms with Gasteiger partial charge in [0.05, 0.1) is 42.4 Å². The van der Waals surface area contributed by atoms with Gasteiger partial charge in [-0.1, -0.05) is 119 Å². The van der Waals surface area contributed by atoms with E-state index in [0.717, 1.165) is 39.1 Å². The van der Waals surface area contributed by atoms with Gasteiger partial charge in [0.2, 0.25) is 17.7 Å². The summed E-state index contributed by atoms with van der Waals surface area (Å²) in [6.07, 6.45) is 0.829. The summed E-state index contributed by atoms with van der Waals surface area (Å²) in [6, 6.07) is 26.4. The van der Waals surface area contributed by atoms with E-state index in [0.29, 0.717) is 25.0 Å². The monoisotopic (exact) mass is 750 g/mol. The maximum Gasteiger partial charge on any atom is 0.243 e. The summed E-state index contributed by atoms with van der Waals surface area (Å²) in [5.41, 5.74) is 4.45. The van der Waals surface area contributed by atoms with Crippen LogP contribution < -0.4 is 16.0 Å². The molecule has 0 aliphatic rings. The first-order valence-corrected chi connectivity index (χ1v) is 20.0. The van der Waals surface area contributed by atoms with E-state index in [2.05, 4.69) is 69.5 Å². The van der Waals surface area contributed by atoms with Crippen LogP contribution in [0.15, 0.2) is 95.8 Å². The van der Waals surface area contributed by atoms with E-state index in [-0.39, 0.29) is 37.2 Å². The van der Waals surface area contributed by atoms with Crippen molar-refractivity contribution in [2.45, 2.75) is 90.4 Å². The van der Waals surface area contributed by atoms with Crippen LogP contribution in [0, 0.1) is 17.8 Å². The molecule has 5 N–H and O–H groups in total. The van der Waals surface area contributed by atoms with Gasteiger partial charge >= 0.3 is 0 Å². The number of amides is 3. The Morgan fingerprint density at radius 1 is 0.741 bits per heavy atom. The average molecular weight is 751 g/mol. The van der Waals surface area contributed by atoms with E-state index in [1.807, 2.05) is 69.5 Å². The minimum atomic E-state index is -1.19. The lowest BCUT2D eigenvalue weighted by atomic mass is 9.87. The molecule has 5 aromatic rings. The third-order valence-electron chi connectivity index (χ3n) is 10.4. The van der Waals surface area contributed by atoms with Crippen molar-refractivity contribution in [3.63, 3.8) is 0 Å². The topological polar surface area (TPSA) is 141 Å². The Labute approximate surface area is 322 Å². The summed E-state index contributed by atoms with van der Waals surface area (Å²) in [4.78, 5) is 46.2. The van der Waals surface area contributed by atoms with E-state index in [4.69, 9.17) is 0 Å². The van der Waals surface area contributed by atoms with E-state index in [1.54, 1.807) is 5.51 Å². The molecule has 1 aromatic heterocycles. The van der Waals surface area contributed by atoms with Crippen LogP contribution in [0.2, 0.25) is 0 Å². The van der Waals surface area contributed by atoms with Crippen LogP contribution in [-0.4, -0.2) is 63.8 Å². The van der Waals surface area contributed by atoms with E-state index in [1.165, 1.54) is 11.3 Å². The Morgan fingerprint density at radius 2 is 1.33 bits per heavy atom. The standard InChI is InChI=1S/C44H54N4O5S/c1-5-29(4)40(25-49)46-42(51)24-41(50)38(20-28(2)3)47-44(53)39(23-35-26-54-27-45-35)48-43(52)34(21-32-16-10-14-30-12-6-8-18-36(30)32)22-33-17-11-15-31-13-7-9-19-37(31)33/h6-19,26-29,34,38-41,49-50H,5,20-25H2,1-4H3,(H,46,51)(H,47,53)(H,48,52)/t29?,38?,39-,40+,41?/m0/s1. The average Bonchev–Trinajstić information content (AvgIpc) is 3.69. The Kier molecular flexibility index (Phi) is 14.7. The van der Waals surface area contributed by atoms with Crippen molar-refractivity contribution in [3.8, 4) is 0 Å². The van der Waals surface area contributed by atoms with Gasteiger partial charge in [-0.25, -0.2) is 4.98 Å². The number of nitrogens with one attached hydrogen (secondary N) is 3. The molecule has 3 unspecified atom stereocenters. The zero-order valence-corrected chi connectivity index (χ0v) is 32.5. The number of carbonyl (C=O) groups excluding carboxylic acids is 3. The highest BCUT2D eigenvalue weighted by Gasteiger charge is 2.32. The van der Waals surface area contributed by atoms with Gasteiger partial charge in [-0.3, -0.25) is 14.4 Å².